The number of carbonyl (C=O) groups excluding carboxylic acids is 1. The minimum absolute atomic E-state index is 0.0214. The maximum atomic E-state index is 12.0. The van der Waals surface area contributed by atoms with Crippen molar-refractivity contribution in [2.45, 2.75) is 0 Å². The van der Waals surface area contributed by atoms with Crippen LogP contribution in [0.5, 0.6) is 0 Å². The van der Waals surface area contributed by atoms with Crippen LogP contribution in [0, 0.1) is 3.57 Å². The molecule has 2 aromatic carbocycles. The van der Waals surface area contributed by atoms with Crippen LogP contribution < -0.4 is 0 Å². The second kappa shape index (κ2) is 4.97. The van der Waals surface area contributed by atoms with Crippen molar-refractivity contribution >= 4 is 40.0 Å². The quantitative estimate of drug-likeness (QED) is 0.591. The van der Waals surface area contributed by atoms with Gasteiger partial charge in [0.1, 0.15) is 0 Å². The van der Waals surface area contributed by atoms with Crippen molar-refractivity contribution in [2.24, 2.45) is 0 Å². The number of hydrogen-bond acceptors (Lipinski definition) is 1. The van der Waals surface area contributed by atoms with E-state index in [0.29, 0.717) is 16.1 Å². The first-order chi connectivity index (χ1) is 7.66. The Bertz CT molecular complexity index is 455. The molecule has 0 heterocycles. The fourth-order valence-electron chi connectivity index (χ4n) is 1.37. The lowest BCUT2D eigenvalue weighted by molar-refractivity contribution is 0.103. The van der Waals surface area contributed by atoms with Crippen molar-refractivity contribution < 1.29 is 4.79 Å². The van der Waals surface area contributed by atoms with Crippen molar-refractivity contribution in [3.63, 3.8) is 0 Å². The number of carbonyl (C=O) groups is 1. The Morgan fingerprint density at radius 2 is 1.31 bits per heavy atom. The molecule has 0 aromatic heterocycles. The van der Waals surface area contributed by atoms with Crippen LogP contribution in [0.2, 0.25) is 5.02 Å². The third-order valence-corrected chi connectivity index (χ3v) is 3.18. The number of benzene rings is 2. The van der Waals surface area contributed by atoms with Gasteiger partial charge in [-0.2, -0.15) is 0 Å². The summed E-state index contributed by atoms with van der Waals surface area (Å²) in [6.07, 6.45) is 0. The van der Waals surface area contributed by atoms with E-state index < -0.39 is 0 Å². The van der Waals surface area contributed by atoms with Crippen molar-refractivity contribution in [1.29, 1.82) is 0 Å². The van der Waals surface area contributed by atoms with Gasteiger partial charge in [0, 0.05) is 19.7 Å². The van der Waals surface area contributed by atoms with E-state index in [4.69, 9.17) is 11.6 Å². The molecule has 16 heavy (non-hydrogen) atoms. The SMILES string of the molecule is O=C(c1ccc(Cl)cc1)c1ccc(I)cc1. The highest BCUT2D eigenvalue weighted by Crippen LogP contribution is 2.15. The first kappa shape index (κ1) is 11.6. The fourth-order valence-corrected chi connectivity index (χ4v) is 1.85. The summed E-state index contributed by atoms with van der Waals surface area (Å²) in [7, 11) is 0. The van der Waals surface area contributed by atoms with Crippen LogP contribution in [0.4, 0.5) is 0 Å². The minimum atomic E-state index is 0.0214. The summed E-state index contributed by atoms with van der Waals surface area (Å²) in [6, 6.07) is 14.4. The lowest BCUT2D eigenvalue weighted by atomic mass is 10.0. The van der Waals surface area contributed by atoms with Gasteiger partial charge < -0.3 is 0 Å². The Morgan fingerprint density at radius 3 is 1.81 bits per heavy atom. The molecule has 0 bridgehead atoms. The average Bonchev–Trinajstić information content (AvgIpc) is 2.30. The molecule has 0 saturated heterocycles. The third kappa shape index (κ3) is 2.62. The van der Waals surface area contributed by atoms with E-state index >= 15 is 0 Å². The zero-order valence-corrected chi connectivity index (χ0v) is 11.2. The van der Waals surface area contributed by atoms with E-state index in [9.17, 15) is 4.79 Å². The molecule has 0 aliphatic rings. The lowest BCUT2D eigenvalue weighted by Crippen LogP contribution is -2.00. The molecule has 0 amide bonds. The molecule has 0 saturated carbocycles. The summed E-state index contributed by atoms with van der Waals surface area (Å²) in [5, 5.41) is 0.638. The largest absolute Gasteiger partial charge is 0.289 e. The topological polar surface area (TPSA) is 17.1 Å². The van der Waals surface area contributed by atoms with Crippen LogP contribution in [0.15, 0.2) is 48.5 Å². The van der Waals surface area contributed by atoms with Gasteiger partial charge in [0.05, 0.1) is 0 Å². The molecule has 2 rings (SSSR count). The van der Waals surface area contributed by atoms with Crippen molar-refractivity contribution in [3.05, 3.63) is 68.3 Å². The van der Waals surface area contributed by atoms with Gasteiger partial charge >= 0.3 is 0 Å². The highest BCUT2D eigenvalue weighted by molar-refractivity contribution is 14.1. The Hall–Kier alpha value is -0.870. The van der Waals surface area contributed by atoms with Crippen molar-refractivity contribution in [1.82, 2.24) is 0 Å². The van der Waals surface area contributed by atoms with Crippen LogP contribution in [0.3, 0.4) is 0 Å². The van der Waals surface area contributed by atoms with Crippen molar-refractivity contribution in [2.75, 3.05) is 0 Å². The molecule has 0 fully saturated rings. The summed E-state index contributed by atoms with van der Waals surface area (Å²) in [6.45, 7) is 0. The molecule has 80 valence electrons. The Kier molecular flexibility index (Phi) is 3.61. The zero-order chi connectivity index (χ0) is 11.5. The van der Waals surface area contributed by atoms with Gasteiger partial charge in [0.2, 0.25) is 0 Å². The second-order valence-electron chi connectivity index (χ2n) is 3.34. The van der Waals surface area contributed by atoms with Crippen LogP contribution in [0.25, 0.3) is 0 Å². The predicted molar refractivity (Wildman–Crippen MR) is 74.0 cm³/mol. The second-order valence-corrected chi connectivity index (χ2v) is 5.02. The van der Waals surface area contributed by atoms with Gasteiger partial charge in [-0.05, 0) is 71.1 Å². The standard InChI is InChI=1S/C13H8ClIO/c14-11-5-1-9(2-6-11)13(16)10-3-7-12(15)8-4-10/h1-8H. The monoisotopic (exact) mass is 342 g/mol. The summed E-state index contributed by atoms with van der Waals surface area (Å²) < 4.78 is 1.12. The van der Waals surface area contributed by atoms with E-state index in [2.05, 4.69) is 22.6 Å². The molecule has 1 nitrogen and oxygen atoms in total. The lowest BCUT2D eigenvalue weighted by Gasteiger charge is -2.01. The number of rotatable bonds is 2. The molecule has 0 aliphatic heterocycles. The van der Waals surface area contributed by atoms with E-state index in [1.165, 1.54) is 0 Å². The molecular formula is C13H8ClIO. The minimum Gasteiger partial charge on any atom is -0.289 e. The molecule has 0 spiro atoms. The number of hydrogen-bond donors (Lipinski definition) is 0. The fraction of sp³-hybridized carbons (Fsp3) is 0. The van der Waals surface area contributed by atoms with E-state index in [1.54, 1.807) is 24.3 Å². The third-order valence-electron chi connectivity index (χ3n) is 2.21. The van der Waals surface area contributed by atoms with E-state index in [-0.39, 0.29) is 5.78 Å². The van der Waals surface area contributed by atoms with Gasteiger partial charge in [0.15, 0.2) is 5.78 Å². The summed E-state index contributed by atoms with van der Waals surface area (Å²) in [5.41, 5.74) is 1.35. The molecule has 2 aromatic rings. The van der Waals surface area contributed by atoms with Gasteiger partial charge in [-0.15, -0.1) is 0 Å². The Morgan fingerprint density at radius 1 is 0.875 bits per heavy atom. The van der Waals surface area contributed by atoms with Gasteiger partial charge in [0.25, 0.3) is 0 Å². The van der Waals surface area contributed by atoms with Gasteiger partial charge in [-0.1, -0.05) is 11.6 Å². The predicted octanol–water partition coefficient (Wildman–Crippen LogP) is 4.18. The van der Waals surface area contributed by atoms with Gasteiger partial charge in [-0.25, -0.2) is 0 Å². The normalized spacial score (nSPS) is 10.1. The maximum absolute atomic E-state index is 12.0. The molecule has 0 N–H and O–H groups in total. The van der Waals surface area contributed by atoms with Crippen LogP contribution in [-0.4, -0.2) is 5.78 Å². The summed E-state index contributed by atoms with van der Waals surface area (Å²) >= 11 is 7.98. The molecule has 3 heteroatoms. The maximum Gasteiger partial charge on any atom is 0.193 e. The summed E-state index contributed by atoms with van der Waals surface area (Å²) in [4.78, 5) is 12.0. The number of halogens is 2. The van der Waals surface area contributed by atoms with Gasteiger partial charge in [-0.3, -0.25) is 4.79 Å². The molecule has 0 unspecified atom stereocenters. The first-order valence-electron chi connectivity index (χ1n) is 4.72. The molecular weight excluding hydrogens is 334 g/mol. The van der Waals surface area contributed by atoms with E-state index in [1.807, 2.05) is 24.3 Å². The molecule has 0 radical (unpaired) electrons. The van der Waals surface area contributed by atoms with Crippen LogP contribution >= 0.6 is 34.2 Å². The Balaban J connectivity index is 2.32. The zero-order valence-electron chi connectivity index (χ0n) is 8.28. The molecule has 0 atom stereocenters. The average molecular weight is 343 g/mol. The molecule has 0 aliphatic carbocycles. The first-order valence-corrected chi connectivity index (χ1v) is 6.18. The highest BCUT2D eigenvalue weighted by Gasteiger charge is 2.07. The number of ketones is 1. The van der Waals surface area contributed by atoms with Crippen LogP contribution in [0.1, 0.15) is 15.9 Å². The Labute approximate surface area is 113 Å². The summed E-state index contributed by atoms with van der Waals surface area (Å²) in [5.74, 6) is 0.0214. The highest BCUT2D eigenvalue weighted by atomic mass is 127. The smallest absolute Gasteiger partial charge is 0.193 e. The van der Waals surface area contributed by atoms with E-state index in [0.717, 1.165) is 3.57 Å². The van der Waals surface area contributed by atoms with Crippen molar-refractivity contribution in [3.8, 4) is 0 Å². The van der Waals surface area contributed by atoms with Crippen LogP contribution in [-0.2, 0) is 0 Å².